The Hall–Kier alpha value is -3.28. The minimum Gasteiger partial charge on any atom is -0.497 e. The minimum atomic E-state index is -0.212. The number of aryl methyl sites for hydroxylation is 1. The van der Waals surface area contributed by atoms with Gasteiger partial charge in [0.1, 0.15) is 17.3 Å². The SMILES string of the molecule is C=CC(=O)NCc1nc2ccccc2n1CCCOc1ccc(OC)cc1. The van der Waals surface area contributed by atoms with Crippen molar-refractivity contribution in [2.75, 3.05) is 13.7 Å². The van der Waals surface area contributed by atoms with Crippen LogP contribution in [0, 0.1) is 0 Å². The normalized spacial score (nSPS) is 10.6. The number of methoxy groups -OCH3 is 1. The van der Waals surface area contributed by atoms with E-state index in [4.69, 9.17) is 9.47 Å². The van der Waals surface area contributed by atoms with E-state index < -0.39 is 0 Å². The molecular weight excluding hydrogens is 342 g/mol. The maximum atomic E-state index is 11.5. The van der Waals surface area contributed by atoms with E-state index in [0.717, 1.165) is 41.3 Å². The number of fused-ring (bicyclic) bond motifs is 1. The van der Waals surface area contributed by atoms with E-state index in [1.165, 1.54) is 6.08 Å². The van der Waals surface area contributed by atoms with Crippen molar-refractivity contribution in [2.45, 2.75) is 19.5 Å². The van der Waals surface area contributed by atoms with Gasteiger partial charge in [-0.25, -0.2) is 4.98 Å². The monoisotopic (exact) mass is 365 g/mol. The molecule has 1 N–H and O–H groups in total. The van der Waals surface area contributed by atoms with Gasteiger partial charge in [-0.2, -0.15) is 0 Å². The van der Waals surface area contributed by atoms with Gasteiger partial charge in [0.15, 0.2) is 0 Å². The van der Waals surface area contributed by atoms with Gasteiger partial charge in [-0.1, -0.05) is 18.7 Å². The number of nitrogens with one attached hydrogen (secondary N) is 1. The molecule has 0 atom stereocenters. The molecule has 3 rings (SSSR count). The topological polar surface area (TPSA) is 65.4 Å². The number of hydrogen-bond acceptors (Lipinski definition) is 4. The summed E-state index contributed by atoms with van der Waals surface area (Å²) in [7, 11) is 1.64. The molecule has 0 radical (unpaired) electrons. The van der Waals surface area contributed by atoms with Crippen molar-refractivity contribution in [3.05, 3.63) is 67.0 Å². The molecule has 140 valence electrons. The third kappa shape index (κ3) is 4.67. The van der Waals surface area contributed by atoms with Crippen LogP contribution in [0.1, 0.15) is 12.2 Å². The number of ether oxygens (including phenoxy) is 2. The van der Waals surface area contributed by atoms with Crippen molar-refractivity contribution in [1.82, 2.24) is 14.9 Å². The van der Waals surface area contributed by atoms with Crippen molar-refractivity contribution in [2.24, 2.45) is 0 Å². The van der Waals surface area contributed by atoms with Gasteiger partial charge in [-0.15, -0.1) is 0 Å². The van der Waals surface area contributed by atoms with Crippen LogP contribution in [0.15, 0.2) is 61.2 Å². The molecular formula is C21H23N3O3. The molecule has 0 fully saturated rings. The van der Waals surface area contributed by atoms with Crippen molar-refractivity contribution >= 4 is 16.9 Å². The highest BCUT2D eigenvalue weighted by Gasteiger charge is 2.10. The van der Waals surface area contributed by atoms with Gasteiger partial charge in [0, 0.05) is 6.54 Å². The lowest BCUT2D eigenvalue weighted by Gasteiger charge is -2.11. The standard InChI is InChI=1S/C21H23N3O3/c1-3-21(25)22-15-20-23-18-7-4-5-8-19(18)24(20)13-6-14-27-17-11-9-16(26-2)10-12-17/h3-5,7-12H,1,6,13-15H2,2H3,(H,22,25). The van der Waals surface area contributed by atoms with E-state index in [1.54, 1.807) is 7.11 Å². The van der Waals surface area contributed by atoms with Crippen LogP contribution in [0.2, 0.25) is 0 Å². The quantitative estimate of drug-likeness (QED) is 0.467. The van der Waals surface area contributed by atoms with Gasteiger partial charge >= 0.3 is 0 Å². The van der Waals surface area contributed by atoms with Gasteiger partial charge in [-0.05, 0) is 48.9 Å². The van der Waals surface area contributed by atoms with Crippen molar-refractivity contribution < 1.29 is 14.3 Å². The average molecular weight is 365 g/mol. The predicted octanol–water partition coefficient (Wildman–Crippen LogP) is 3.32. The number of hydrogen-bond donors (Lipinski definition) is 1. The van der Waals surface area contributed by atoms with Crippen LogP contribution in [0.4, 0.5) is 0 Å². The first-order chi connectivity index (χ1) is 13.2. The van der Waals surface area contributed by atoms with Crippen LogP contribution in [-0.2, 0) is 17.9 Å². The Balaban J connectivity index is 1.63. The summed E-state index contributed by atoms with van der Waals surface area (Å²) < 4.78 is 13.1. The lowest BCUT2D eigenvalue weighted by molar-refractivity contribution is -0.116. The minimum absolute atomic E-state index is 0.212. The van der Waals surface area contributed by atoms with Crippen molar-refractivity contribution in [1.29, 1.82) is 0 Å². The van der Waals surface area contributed by atoms with Crippen LogP contribution >= 0.6 is 0 Å². The molecule has 0 bridgehead atoms. The molecule has 0 aliphatic carbocycles. The fourth-order valence-electron chi connectivity index (χ4n) is 2.83. The lowest BCUT2D eigenvalue weighted by Crippen LogP contribution is -2.22. The molecule has 0 aliphatic rings. The Labute approximate surface area is 158 Å². The van der Waals surface area contributed by atoms with Crippen molar-refractivity contribution in [3.8, 4) is 11.5 Å². The first kappa shape index (κ1) is 18.5. The molecule has 1 amide bonds. The highest BCUT2D eigenvalue weighted by molar-refractivity contribution is 5.86. The Bertz CT molecular complexity index is 916. The van der Waals surface area contributed by atoms with Crippen LogP contribution in [0.25, 0.3) is 11.0 Å². The summed E-state index contributed by atoms with van der Waals surface area (Å²) in [6.45, 7) is 5.16. The Kier molecular flexibility index (Phi) is 6.10. The van der Waals surface area contributed by atoms with Gasteiger partial charge < -0.3 is 19.4 Å². The Morgan fingerprint density at radius 2 is 1.93 bits per heavy atom. The molecule has 0 spiro atoms. The number of rotatable bonds is 9. The summed E-state index contributed by atoms with van der Waals surface area (Å²) in [4.78, 5) is 16.1. The summed E-state index contributed by atoms with van der Waals surface area (Å²) in [6.07, 6.45) is 2.07. The second kappa shape index (κ2) is 8.89. The summed E-state index contributed by atoms with van der Waals surface area (Å²) in [5, 5.41) is 2.79. The summed E-state index contributed by atoms with van der Waals surface area (Å²) >= 11 is 0. The second-order valence-corrected chi connectivity index (χ2v) is 5.97. The molecule has 3 aromatic rings. The van der Waals surface area contributed by atoms with Crippen molar-refractivity contribution in [3.63, 3.8) is 0 Å². The van der Waals surface area contributed by atoms with Crippen LogP contribution in [0.5, 0.6) is 11.5 Å². The van der Waals surface area contributed by atoms with Gasteiger partial charge in [0.25, 0.3) is 0 Å². The number of benzene rings is 2. The molecule has 27 heavy (non-hydrogen) atoms. The fraction of sp³-hybridized carbons (Fsp3) is 0.238. The number of carbonyl (C=O) groups excluding carboxylic acids is 1. The molecule has 6 heteroatoms. The van der Waals surface area contributed by atoms with Gasteiger partial charge in [-0.3, -0.25) is 4.79 Å². The Morgan fingerprint density at radius 3 is 2.67 bits per heavy atom. The maximum Gasteiger partial charge on any atom is 0.243 e. The third-order valence-corrected chi connectivity index (χ3v) is 4.19. The number of imidazole rings is 1. The van der Waals surface area contributed by atoms with E-state index in [2.05, 4.69) is 21.4 Å². The molecule has 1 aromatic heterocycles. The smallest absolute Gasteiger partial charge is 0.243 e. The number of carbonyl (C=O) groups is 1. The molecule has 0 aliphatic heterocycles. The lowest BCUT2D eigenvalue weighted by atomic mass is 10.3. The molecule has 0 saturated heterocycles. The predicted molar refractivity (Wildman–Crippen MR) is 105 cm³/mol. The first-order valence-corrected chi connectivity index (χ1v) is 8.82. The zero-order chi connectivity index (χ0) is 19.1. The van der Waals surface area contributed by atoms with E-state index in [9.17, 15) is 4.79 Å². The van der Waals surface area contributed by atoms with E-state index in [-0.39, 0.29) is 5.91 Å². The summed E-state index contributed by atoms with van der Waals surface area (Å²) in [6, 6.07) is 15.5. The molecule has 6 nitrogen and oxygen atoms in total. The van der Waals surface area contributed by atoms with Crippen LogP contribution in [-0.4, -0.2) is 29.2 Å². The summed E-state index contributed by atoms with van der Waals surface area (Å²) in [5.74, 6) is 2.22. The number of para-hydroxylation sites is 2. The molecule has 0 saturated carbocycles. The molecule has 0 unspecified atom stereocenters. The summed E-state index contributed by atoms with van der Waals surface area (Å²) in [5.41, 5.74) is 1.96. The zero-order valence-corrected chi connectivity index (χ0v) is 15.4. The molecule has 1 heterocycles. The zero-order valence-electron chi connectivity index (χ0n) is 15.4. The fourth-order valence-corrected chi connectivity index (χ4v) is 2.83. The third-order valence-electron chi connectivity index (χ3n) is 4.19. The number of nitrogens with zero attached hydrogens (tertiary/aromatic N) is 2. The van der Waals surface area contributed by atoms with Crippen LogP contribution in [0.3, 0.4) is 0 Å². The average Bonchev–Trinajstić information content (AvgIpc) is 3.07. The van der Waals surface area contributed by atoms with Crippen LogP contribution < -0.4 is 14.8 Å². The highest BCUT2D eigenvalue weighted by atomic mass is 16.5. The van der Waals surface area contributed by atoms with E-state index in [0.29, 0.717) is 13.2 Å². The number of amides is 1. The second-order valence-electron chi connectivity index (χ2n) is 5.97. The van der Waals surface area contributed by atoms with E-state index >= 15 is 0 Å². The highest BCUT2D eigenvalue weighted by Crippen LogP contribution is 2.19. The van der Waals surface area contributed by atoms with Gasteiger partial charge in [0.2, 0.25) is 5.91 Å². The largest absolute Gasteiger partial charge is 0.497 e. The van der Waals surface area contributed by atoms with E-state index in [1.807, 2.05) is 48.5 Å². The molecule has 2 aromatic carbocycles. The maximum absolute atomic E-state index is 11.5. The first-order valence-electron chi connectivity index (χ1n) is 8.82. The van der Waals surface area contributed by atoms with Gasteiger partial charge in [0.05, 0.1) is 31.3 Å². The number of aromatic nitrogens is 2. The Morgan fingerprint density at radius 1 is 1.19 bits per heavy atom.